The zero-order chi connectivity index (χ0) is 9.84. The van der Waals surface area contributed by atoms with Crippen LogP contribution in [0.15, 0.2) is 12.1 Å². The van der Waals surface area contributed by atoms with Crippen molar-refractivity contribution in [2.45, 2.75) is 26.3 Å². The van der Waals surface area contributed by atoms with Gasteiger partial charge >= 0.3 is 0 Å². The molecule has 1 atom stereocenters. The van der Waals surface area contributed by atoms with Crippen molar-refractivity contribution in [2.75, 3.05) is 6.61 Å². The van der Waals surface area contributed by atoms with E-state index >= 15 is 0 Å². The average Bonchev–Trinajstić information content (AvgIpc) is 2.04. The molecular formula is C10H16N2O. The molecular weight excluding hydrogens is 164 g/mol. The van der Waals surface area contributed by atoms with Gasteiger partial charge in [0, 0.05) is 24.0 Å². The fraction of sp³-hybridized carbons (Fsp3) is 0.500. The summed E-state index contributed by atoms with van der Waals surface area (Å²) in [6.45, 7) is 4.02. The Kier molecular flexibility index (Phi) is 3.39. The summed E-state index contributed by atoms with van der Waals surface area (Å²) in [6.07, 6.45) is 0.589. The van der Waals surface area contributed by atoms with Gasteiger partial charge in [0.05, 0.1) is 0 Å². The highest BCUT2D eigenvalue weighted by atomic mass is 16.3. The zero-order valence-corrected chi connectivity index (χ0v) is 8.12. The largest absolute Gasteiger partial charge is 0.396 e. The van der Waals surface area contributed by atoms with Crippen molar-refractivity contribution in [3.05, 3.63) is 29.1 Å². The second kappa shape index (κ2) is 4.35. The maximum Gasteiger partial charge on any atom is 0.0449 e. The normalized spacial score (nSPS) is 12.9. The number of hydrogen-bond donors (Lipinski definition) is 2. The molecule has 1 aromatic heterocycles. The number of aryl methyl sites for hydroxylation is 2. The van der Waals surface area contributed by atoms with E-state index in [1.807, 2.05) is 26.0 Å². The molecule has 0 aliphatic carbocycles. The van der Waals surface area contributed by atoms with Gasteiger partial charge in [0.2, 0.25) is 0 Å². The minimum absolute atomic E-state index is 0.0990. The Bertz CT molecular complexity index is 286. The first kappa shape index (κ1) is 10.2. The SMILES string of the molecule is Cc1ccc([C@H](N)CCO)c(C)n1. The van der Waals surface area contributed by atoms with Crippen LogP contribution in [-0.4, -0.2) is 16.7 Å². The number of nitrogens with zero attached hydrogens (tertiary/aromatic N) is 1. The van der Waals surface area contributed by atoms with Crippen molar-refractivity contribution in [1.29, 1.82) is 0 Å². The summed E-state index contributed by atoms with van der Waals surface area (Å²) in [6, 6.07) is 3.83. The average molecular weight is 180 g/mol. The zero-order valence-electron chi connectivity index (χ0n) is 8.12. The van der Waals surface area contributed by atoms with Crippen LogP contribution in [0.2, 0.25) is 0 Å². The fourth-order valence-electron chi connectivity index (χ4n) is 1.38. The number of hydrogen-bond acceptors (Lipinski definition) is 3. The molecule has 1 heterocycles. The standard InChI is InChI=1S/C10H16N2O/c1-7-3-4-9(8(2)12-7)10(11)5-6-13/h3-4,10,13H,5-6,11H2,1-2H3/t10-/m1/s1. The van der Waals surface area contributed by atoms with Crippen LogP contribution in [0.4, 0.5) is 0 Å². The van der Waals surface area contributed by atoms with Gasteiger partial charge in [-0.05, 0) is 31.9 Å². The number of aliphatic hydroxyl groups is 1. The predicted octanol–water partition coefficient (Wildman–Crippen LogP) is 1.08. The topological polar surface area (TPSA) is 59.1 Å². The fourth-order valence-corrected chi connectivity index (χ4v) is 1.38. The molecule has 0 saturated carbocycles. The lowest BCUT2D eigenvalue weighted by molar-refractivity contribution is 0.276. The lowest BCUT2D eigenvalue weighted by atomic mass is 10.0. The smallest absolute Gasteiger partial charge is 0.0449 e. The summed E-state index contributed by atoms with van der Waals surface area (Å²) >= 11 is 0. The first-order valence-electron chi connectivity index (χ1n) is 4.45. The van der Waals surface area contributed by atoms with Crippen LogP contribution < -0.4 is 5.73 Å². The molecule has 0 amide bonds. The maximum absolute atomic E-state index is 8.74. The third-order valence-corrected chi connectivity index (χ3v) is 2.11. The number of pyridine rings is 1. The molecule has 0 radical (unpaired) electrons. The molecule has 0 saturated heterocycles. The highest BCUT2D eigenvalue weighted by Gasteiger charge is 2.08. The van der Waals surface area contributed by atoms with E-state index in [1.165, 1.54) is 0 Å². The van der Waals surface area contributed by atoms with Gasteiger partial charge in [-0.3, -0.25) is 4.98 Å². The van der Waals surface area contributed by atoms with Crippen molar-refractivity contribution in [1.82, 2.24) is 4.98 Å². The van der Waals surface area contributed by atoms with Crippen molar-refractivity contribution >= 4 is 0 Å². The number of aliphatic hydroxyl groups excluding tert-OH is 1. The second-order valence-corrected chi connectivity index (χ2v) is 3.25. The molecule has 72 valence electrons. The molecule has 0 bridgehead atoms. The van der Waals surface area contributed by atoms with E-state index in [9.17, 15) is 0 Å². The minimum Gasteiger partial charge on any atom is -0.396 e. The molecule has 3 nitrogen and oxygen atoms in total. The molecule has 0 fully saturated rings. The Morgan fingerprint density at radius 1 is 1.46 bits per heavy atom. The lowest BCUT2D eigenvalue weighted by Crippen LogP contribution is -2.14. The van der Waals surface area contributed by atoms with Crippen molar-refractivity contribution in [3.8, 4) is 0 Å². The second-order valence-electron chi connectivity index (χ2n) is 3.25. The van der Waals surface area contributed by atoms with Crippen LogP contribution in [0.3, 0.4) is 0 Å². The summed E-state index contributed by atoms with van der Waals surface area (Å²) in [4.78, 5) is 4.32. The molecule has 0 spiro atoms. The summed E-state index contributed by atoms with van der Waals surface area (Å²) < 4.78 is 0. The van der Waals surface area contributed by atoms with E-state index in [1.54, 1.807) is 0 Å². The highest BCUT2D eigenvalue weighted by Crippen LogP contribution is 2.16. The van der Waals surface area contributed by atoms with Crippen molar-refractivity contribution < 1.29 is 5.11 Å². The van der Waals surface area contributed by atoms with E-state index in [0.29, 0.717) is 6.42 Å². The Morgan fingerprint density at radius 2 is 2.15 bits per heavy atom. The van der Waals surface area contributed by atoms with Crippen LogP contribution >= 0.6 is 0 Å². The molecule has 3 heteroatoms. The number of aromatic nitrogens is 1. The van der Waals surface area contributed by atoms with Crippen molar-refractivity contribution in [2.24, 2.45) is 5.73 Å². The van der Waals surface area contributed by atoms with E-state index in [4.69, 9.17) is 10.8 Å². The summed E-state index contributed by atoms with van der Waals surface area (Å²) in [5, 5.41) is 8.74. The predicted molar refractivity (Wildman–Crippen MR) is 52.3 cm³/mol. The van der Waals surface area contributed by atoms with Gasteiger partial charge < -0.3 is 10.8 Å². The number of rotatable bonds is 3. The third-order valence-electron chi connectivity index (χ3n) is 2.11. The van der Waals surface area contributed by atoms with Gasteiger partial charge in [-0.2, -0.15) is 0 Å². The van der Waals surface area contributed by atoms with Crippen LogP contribution in [-0.2, 0) is 0 Å². The van der Waals surface area contributed by atoms with Gasteiger partial charge in [-0.1, -0.05) is 6.07 Å². The van der Waals surface area contributed by atoms with E-state index in [0.717, 1.165) is 17.0 Å². The van der Waals surface area contributed by atoms with Gasteiger partial charge in [-0.15, -0.1) is 0 Å². The lowest BCUT2D eigenvalue weighted by Gasteiger charge is -2.12. The molecule has 3 N–H and O–H groups in total. The Balaban J connectivity index is 2.88. The summed E-state index contributed by atoms with van der Waals surface area (Å²) in [5.41, 5.74) is 8.84. The Labute approximate surface area is 78.6 Å². The molecule has 13 heavy (non-hydrogen) atoms. The molecule has 1 rings (SSSR count). The first-order chi connectivity index (χ1) is 6.15. The minimum atomic E-state index is -0.0990. The van der Waals surface area contributed by atoms with Crippen LogP contribution in [0.25, 0.3) is 0 Å². The van der Waals surface area contributed by atoms with Gasteiger partial charge in [0.25, 0.3) is 0 Å². The van der Waals surface area contributed by atoms with Crippen molar-refractivity contribution in [3.63, 3.8) is 0 Å². The first-order valence-corrected chi connectivity index (χ1v) is 4.45. The quantitative estimate of drug-likeness (QED) is 0.731. The molecule has 0 aromatic carbocycles. The summed E-state index contributed by atoms with van der Waals surface area (Å²) in [7, 11) is 0. The van der Waals surface area contributed by atoms with E-state index < -0.39 is 0 Å². The highest BCUT2D eigenvalue weighted by molar-refractivity contribution is 5.24. The molecule has 0 aliphatic rings. The monoisotopic (exact) mass is 180 g/mol. The van der Waals surface area contributed by atoms with Gasteiger partial charge in [-0.25, -0.2) is 0 Å². The van der Waals surface area contributed by atoms with Crippen LogP contribution in [0, 0.1) is 13.8 Å². The molecule has 1 aromatic rings. The molecule has 0 unspecified atom stereocenters. The summed E-state index contributed by atoms with van der Waals surface area (Å²) in [5.74, 6) is 0. The van der Waals surface area contributed by atoms with Crippen LogP contribution in [0.5, 0.6) is 0 Å². The third kappa shape index (κ3) is 2.50. The van der Waals surface area contributed by atoms with Gasteiger partial charge in [0.1, 0.15) is 0 Å². The Hall–Kier alpha value is -0.930. The van der Waals surface area contributed by atoms with E-state index in [2.05, 4.69) is 4.98 Å². The van der Waals surface area contributed by atoms with Gasteiger partial charge in [0.15, 0.2) is 0 Å². The number of nitrogens with two attached hydrogens (primary N) is 1. The van der Waals surface area contributed by atoms with E-state index in [-0.39, 0.29) is 12.6 Å². The maximum atomic E-state index is 8.74. The van der Waals surface area contributed by atoms with Crippen LogP contribution in [0.1, 0.15) is 29.4 Å². The Morgan fingerprint density at radius 3 is 2.69 bits per heavy atom. The molecule has 0 aliphatic heterocycles.